The van der Waals surface area contributed by atoms with E-state index in [1.165, 1.54) is 0 Å². The summed E-state index contributed by atoms with van der Waals surface area (Å²) in [6.07, 6.45) is 0. The van der Waals surface area contributed by atoms with E-state index in [1.54, 1.807) is 18.2 Å². The minimum atomic E-state index is -0.514. The number of rotatable bonds is 3. The van der Waals surface area contributed by atoms with Crippen LogP contribution in [0.1, 0.15) is 10.4 Å². The molecule has 0 saturated carbocycles. The van der Waals surface area contributed by atoms with Crippen LogP contribution in [0.3, 0.4) is 0 Å². The van der Waals surface area contributed by atoms with Crippen molar-refractivity contribution in [2.75, 3.05) is 11.1 Å². The van der Waals surface area contributed by atoms with Crippen LogP contribution in [0.5, 0.6) is 0 Å². The zero-order chi connectivity index (χ0) is 13.1. The molecule has 2 aromatic carbocycles. The van der Waals surface area contributed by atoms with Gasteiger partial charge in [0.2, 0.25) is 0 Å². The van der Waals surface area contributed by atoms with E-state index in [2.05, 4.69) is 21.2 Å². The summed E-state index contributed by atoms with van der Waals surface area (Å²) in [5, 5.41) is 3.11. The number of nitrogens with two attached hydrogens (primary N) is 2. The molecule has 4 nitrogen and oxygen atoms in total. The van der Waals surface area contributed by atoms with E-state index in [4.69, 9.17) is 11.5 Å². The van der Waals surface area contributed by atoms with Crippen LogP contribution in [-0.2, 0) is 0 Å². The van der Waals surface area contributed by atoms with Crippen molar-refractivity contribution in [3.05, 3.63) is 52.5 Å². The van der Waals surface area contributed by atoms with Crippen LogP contribution >= 0.6 is 15.9 Å². The Balaban J connectivity index is 2.42. The first-order valence-electron chi connectivity index (χ1n) is 5.29. The van der Waals surface area contributed by atoms with Crippen LogP contribution in [0, 0.1) is 0 Å². The van der Waals surface area contributed by atoms with Gasteiger partial charge in [-0.3, -0.25) is 4.79 Å². The highest BCUT2D eigenvalue weighted by Gasteiger charge is 2.11. The van der Waals surface area contributed by atoms with Gasteiger partial charge in [0.1, 0.15) is 0 Å². The van der Waals surface area contributed by atoms with E-state index in [-0.39, 0.29) is 0 Å². The summed E-state index contributed by atoms with van der Waals surface area (Å²) >= 11 is 3.38. The molecule has 0 fully saturated rings. The Hall–Kier alpha value is -2.01. The molecule has 5 N–H and O–H groups in total. The molecule has 0 radical (unpaired) electrons. The molecule has 2 rings (SSSR count). The highest BCUT2D eigenvalue weighted by Crippen LogP contribution is 2.28. The van der Waals surface area contributed by atoms with Gasteiger partial charge in [-0.05, 0) is 30.3 Å². The van der Waals surface area contributed by atoms with Gasteiger partial charge in [0.05, 0.1) is 16.9 Å². The lowest BCUT2D eigenvalue weighted by Crippen LogP contribution is -2.14. The molecular formula is C13H12BrN3O. The van der Waals surface area contributed by atoms with Gasteiger partial charge in [-0.25, -0.2) is 0 Å². The van der Waals surface area contributed by atoms with Crippen molar-refractivity contribution >= 4 is 38.9 Å². The lowest BCUT2D eigenvalue weighted by atomic mass is 10.1. The number of nitrogen functional groups attached to an aromatic ring is 1. The summed E-state index contributed by atoms with van der Waals surface area (Å²) in [6, 6.07) is 12.6. The largest absolute Gasteiger partial charge is 0.397 e. The van der Waals surface area contributed by atoms with Crippen LogP contribution in [0.15, 0.2) is 46.9 Å². The summed E-state index contributed by atoms with van der Waals surface area (Å²) < 4.78 is 0.933. The number of carbonyl (C=O) groups is 1. The average Bonchev–Trinajstić information content (AvgIpc) is 2.31. The van der Waals surface area contributed by atoms with E-state index < -0.39 is 5.91 Å². The van der Waals surface area contributed by atoms with Gasteiger partial charge in [-0.1, -0.05) is 28.1 Å². The van der Waals surface area contributed by atoms with Gasteiger partial charge >= 0.3 is 0 Å². The first kappa shape index (κ1) is 12.4. The standard InChI is InChI=1S/C13H12BrN3O/c14-8-3-1-4-9(7-8)17-12-10(13(16)18)5-2-6-11(12)15/h1-7,17H,15H2,(H2,16,18). The molecular weight excluding hydrogens is 294 g/mol. The highest BCUT2D eigenvalue weighted by molar-refractivity contribution is 9.10. The summed E-state index contributed by atoms with van der Waals surface area (Å²) in [6.45, 7) is 0. The third kappa shape index (κ3) is 2.62. The minimum absolute atomic E-state index is 0.370. The van der Waals surface area contributed by atoms with Gasteiger partial charge < -0.3 is 16.8 Å². The number of nitrogens with one attached hydrogen (secondary N) is 1. The predicted molar refractivity (Wildman–Crippen MR) is 76.8 cm³/mol. The number of halogens is 1. The maximum absolute atomic E-state index is 11.3. The smallest absolute Gasteiger partial charge is 0.250 e. The monoisotopic (exact) mass is 305 g/mol. The number of anilines is 3. The molecule has 1 amide bonds. The lowest BCUT2D eigenvalue weighted by Gasteiger charge is -2.12. The van der Waals surface area contributed by atoms with Crippen molar-refractivity contribution in [1.29, 1.82) is 0 Å². The van der Waals surface area contributed by atoms with E-state index in [0.717, 1.165) is 10.2 Å². The number of amides is 1. The SMILES string of the molecule is NC(=O)c1cccc(N)c1Nc1cccc(Br)c1. The van der Waals surface area contributed by atoms with Crippen molar-refractivity contribution in [3.8, 4) is 0 Å². The van der Waals surface area contributed by atoms with Crippen molar-refractivity contribution in [1.82, 2.24) is 0 Å². The summed E-state index contributed by atoms with van der Waals surface area (Å²) in [7, 11) is 0. The maximum Gasteiger partial charge on any atom is 0.250 e. The van der Waals surface area contributed by atoms with Crippen LogP contribution in [-0.4, -0.2) is 5.91 Å². The third-order valence-corrected chi connectivity index (χ3v) is 2.95. The summed E-state index contributed by atoms with van der Waals surface area (Å²) in [5.41, 5.74) is 13.4. The molecule has 18 heavy (non-hydrogen) atoms. The Morgan fingerprint density at radius 2 is 1.89 bits per heavy atom. The minimum Gasteiger partial charge on any atom is -0.397 e. The topological polar surface area (TPSA) is 81.1 Å². The molecule has 0 unspecified atom stereocenters. The van der Waals surface area contributed by atoms with E-state index in [9.17, 15) is 4.79 Å². The molecule has 0 aliphatic heterocycles. The van der Waals surface area contributed by atoms with Crippen molar-refractivity contribution in [2.24, 2.45) is 5.73 Å². The Morgan fingerprint density at radius 3 is 2.56 bits per heavy atom. The number of benzene rings is 2. The Bertz CT molecular complexity index is 599. The zero-order valence-corrected chi connectivity index (χ0v) is 11.1. The average molecular weight is 306 g/mol. The first-order valence-corrected chi connectivity index (χ1v) is 6.08. The van der Waals surface area contributed by atoms with Crippen LogP contribution in [0.25, 0.3) is 0 Å². The summed E-state index contributed by atoms with van der Waals surface area (Å²) in [4.78, 5) is 11.3. The van der Waals surface area contributed by atoms with Crippen LogP contribution < -0.4 is 16.8 Å². The van der Waals surface area contributed by atoms with E-state index >= 15 is 0 Å². The molecule has 92 valence electrons. The zero-order valence-electron chi connectivity index (χ0n) is 9.48. The number of para-hydroxylation sites is 1. The van der Waals surface area contributed by atoms with Gasteiger partial charge in [0.25, 0.3) is 5.91 Å². The molecule has 0 aliphatic rings. The third-order valence-electron chi connectivity index (χ3n) is 2.46. The quantitative estimate of drug-likeness (QED) is 0.763. The van der Waals surface area contributed by atoms with E-state index in [0.29, 0.717) is 16.9 Å². The Kier molecular flexibility index (Phi) is 3.53. The van der Waals surface area contributed by atoms with Crippen LogP contribution in [0.2, 0.25) is 0 Å². The second kappa shape index (κ2) is 5.10. The van der Waals surface area contributed by atoms with Crippen molar-refractivity contribution in [2.45, 2.75) is 0 Å². The number of primary amides is 1. The maximum atomic E-state index is 11.3. The molecule has 2 aromatic rings. The van der Waals surface area contributed by atoms with Crippen molar-refractivity contribution in [3.63, 3.8) is 0 Å². The molecule has 0 aromatic heterocycles. The van der Waals surface area contributed by atoms with Gasteiger partial charge in [-0.2, -0.15) is 0 Å². The fourth-order valence-corrected chi connectivity index (χ4v) is 2.02. The molecule has 0 aliphatic carbocycles. The predicted octanol–water partition coefficient (Wildman–Crippen LogP) is 2.87. The second-order valence-corrected chi connectivity index (χ2v) is 4.69. The van der Waals surface area contributed by atoms with Gasteiger partial charge in [0.15, 0.2) is 0 Å². The fraction of sp³-hybridized carbons (Fsp3) is 0. The van der Waals surface area contributed by atoms with Crippen molar-refractivity contribution < 1.29 is 4.79 Å². The van der Waals surface area contributed by atoms with Gasteiger partial charge in [-0.15, -0.1) is 0 Å². The first-order chi connectivity index (χ1) is 8.58. The Morgan fingerprint density at radius 1 is 1.17 bits per heavy atom. The van der Waals surface area contributed by atoms with Gasteiger partial charge in [0, 0.05) is 10.2 Å². The second-order valence-electron chi connectivity index (χ2n) is 3.77. The Labute approximate surface area is 113 Å². The molecule has 0 saturated heterocycles. The lowest BCUT2D eigenvalue weighted by molar-refractivity contribution is 0.100. The highest BCUT2D eigenvalue weighted by atomic mass is 79.9. The molecule has 0 atom stereocenters. The summed E-state index contributed by atoms with van der Waals surface area (Å²) in [5.74, 6) is -0.514. The number of hydrogen-bond acceptors (Lipinski definition) is 3. The molecule has 5 heteroatoms. The molecule has 0 heterocycles. The molecule has 0 bridgehead atoms. The van der Waals surface area contributed by atoms with E-state index in [1.807, 2.05) is 24.3 Å². The normalized spacial score (nSPS) is 10.1. The number of hydrogen-bond donors (Lipinski definition) is 3. The fourth-order valence-electron chi connectivity index (χ4n) is 1.63. The molecule has 0 spiro atoms. The number of carbonyl (C=O) groups excluding carboxylic acids is 1. The van der Waals surface area contributed by atoms with Crippen LogP contribution in [0.4, 0.5) is 17.1 Å².